The van der Waals surface area contributed by atoms with Crippen molar-refractivity contribution in [1.29, 1.82) is 0 Å². The minimum Gasteiger partial charge on any atom is -0.497 e. The van der Waals surface area contributed by atoms with Gasteiger partial charge in [0.05, 0.1) is 12.8 Å². The number of benzene rings is 2. The van der Waals surface area contributed by atoms with Crippen molar-refractivity contribution in [3.63, 3.8) is 0 Å². The van der Waals surface area contributed by atoms with Crippen LogP contribution in [0.25, 0.3) is 0 Å². The number of methoxy groups -OCH3 is 1. The summed E-state index contributed by atoms with van der Waals surface area (Å²) in [4.78, 5) is 0. The van der Waals surface area contributed by atoms with E-state index in [1.807, 2.05) is 24.3 Å². The van der Waals surface area contributed by atoms with Gasteiger partial charge in [0, 0.05) is 11.6 Å². The van der Waals surface area contributed by atoms with Gasteiger partial charge in [-0.2, -0.15) is 0 Å². The zero-order valence-electron chi connectivity index (χ0n) is 11.3. The molecule has 0 atom stereocenters. The van der Waals surface area contributed by atoms with E-state index in [4.69, 9.17) is 28.6 Å². The van der Waals surface area contributed by atoms with E-state index in [2.05, 4.69) is 10.6 Å². The molecule has 0 aliphatic heterocycles. The van der Waals surface area contributed by atoms with E-state index >= 15 is 0 Å². The van der Waals surface area contributed by atoms with Crippen LogP contribution < -0.4 is 15.4 Å². The van der Waals surface area contributed by atoms with Crippen LogP contribution in [0.3, 0.4) is 0 Å². The number of rotatable bonds is 4. The molecule has 110 valence electrons. The first-order valence-corrected chi connectivity index (χ1v) is 7.00. The Morgan fingerprint density at radius 2 is 1.95 bits per heavy atom. The summed E-state index contributed by atoms with van der Waals surface area (Å²) >= 11 is 10.8. The zero-order chi connectivity index (χ0) is 15.2. The predicted octanol–water partition coefficient (Wildman–Crippen LogP) is 3.97. The van der Waals surface area contributed by atoms with Crippen LogP contribution in [0.4, 0.5) is 10.1 Å². The number of nitrogens with one attached hydrogen (secondary N) is 2. The van der Waals surface area contributed by atoms with Crippen molar-refractivity contribution < 1.29 is 9.13 Å². The summed E-state index contributed by atoms with van der Waals surface area (Å²) in [5, 5.41) is 6.48. The summed E-state index contributed by atoms with van der Waals surface area (Å²) in [6, 6.07) is 12.0. The van der Waals surface area contributed by atoms with Crippen LogP contribution in [0, 0.1) is 5.82 Å². The molecule has 0 aliphatic carbocycles. The predicted molar refractivity (Wildman–Crippen MR) is 87.5 cm³/mol. The molecule has 0 saturated carbocycles. The molecule has 0 amide bonds. The third kappa shape index (κ3) is 4.58. The third-order valence-corrected chi connectivity index (χ3v) is 3.27. The van der Waals surface area contributed by atoms with Crippen LogP contribution in [0.2, 0.25) is 5.02 Å². The quantitative estimate of drug-likeness (QED) is 0.834. The molecule has 0 fully saturated rings. The van der Waals surface area contributed by atoms with Crippen molar-refractivity contribution in [1.82, 2.24) is 5.32 Å². The zero-order valence-corrected chi connectivity index (χ0v) is 12.9. The summed E-state index contributed by atoms with van der Waals surface area (Å²) in [6.45, 7) is 0.533. The van der Waals surface area contributed by atoms with E-state index in [0.717, 1.165) is 11.3 Å². The molecule has 0 saturated heterocycles. The number of hydrogen-bond donors (Lipinski definition) is 2. The molecular weight excluding hydrogens is 311 g/mol. The normalized spacial score (nSPS) is 10.0. The van der Waals surface area contributed by atoms with E-state index < -0.39 is 5.82 Å². The maximum atomic E-state index is 13.6. The summed E-state index contributed by atoms with van der Waals surface area (Å²) in [5.41, 5.74) is 1.32. The van der Waals surface area contributed by atoms with Gasteiger partial charge in [-0.05, 0) is 48.1 Å². The Labute approximate surface area is 133 Å². The monoisotopic (exact) mass is 324 g/mol. The molecule has 2 rings (SSSR count). The molecule has 0 bridgehead atoms. The second kappa shape index (κ2) is 7.24. The number of hydrogen-bond acceptors (Lipinski definition) is 2. The molecule has 0 unspecified atom stereocenters. The van der Waals surface area contributed by atoms with Crippen LogP contribution in [0.5, 0.6) is 5.75 Å². The molecule has 0 heterocycles. The highest BCUT2D eigenvalue weighted by atomic mass is 35.5. The fraction of sp³-hybridized carbons (Fsp3) is 0.133. The second-order valence-electron chi connectivity index (χ2n) is 4.28. The molecule has 0 aliphatic rings. The minimum atomic E-state index is -0.448. The standard InChI is InChI=1S/C15H14ClFN2OS/c1-20-12-5-2-10(3-6-12)9-18-15(21)19-14-7-4-11(16)8-13(14)17/h2-8H,9H2,1H3,(H2,18,19,21). The molecule has 2 aromatic rings. The van der Waals surface area contributed by atoms with Crippen molar-refractivity contribution in [2.45, 2.75) is 6.54 Å². The van der Waals surface area contributed by atoms with Gasteiger partial charge < -0.3 is 15.4 Å². The highest BCUT2D eigenvalue weighted by Gasteiger charge is 2.04. The Bertz CT molecular complexity index is 634. The van der Waals surface area contributed by atoms with Crippen molar-refractivity contribution in [3.8, 4) is 5.75 Å². The maximum Gasteiger partial charge on any atom is 0.171 e. The maximum absolute atomic E-state index is 13.6. The van der Waals surface area contributed by atoms with E-state index in [1.165, 1.54) is 6.07 Å². The molecule has 2 aromatic carbocycles. The third-order valence-electron chi connectivity index (χ3n) is 2.79. The summed E-state index contributed by atoms with van der Waals surface area (Å²) in [5.74, 6) is 0.346. The van der Waals surface area contributed by atoms with E-state index in [1.54, 1.807) is 19.2 Å². The van der Waals surface area contributed by atoms with Crippen LogP contribution in [-0.2, 0) is 6.54 Å². The number of anilines is 1. The van der Waals surface area contributed by atoms with Gasteiger partial charge >= 0.3 is 0 Å². The second-order valence-corrected chi connectivity index (χ2v) is 5.12. The van der Waals surface area contributed by atoms with Gasteiger partial charge in [0.2, 0.25) is 0 Å². The Kier molecular flexibility index (Phi) is 5.36. The van der Waals surface area contributed by atoms with Crippen LogP contribution >= 0.6 is 23.8 Å². The Morgan fingerprint density at radius 3 is 2.57 bits per heavy atom. The summed E-state index contributed by atoms with van der Waals surface area (Å²) < 4.78 is 18.7. The number of halogens is 2. The van der Waals surface area contributed by atoms with Crippen molar-refractivity contribution >= 4 is 34.6 Å². The average molecular weight is 325 g/mol. The Morgan fingerprint density at radius 1 is 1.24 bits per heavy atom. The van der Waals surface area contributed by atoms with E-state index in [9.17, 15) is 4.39 Å². The fourth-order valence-electron chi connectivity index (χ4n) is 1.68. The average Bonchev–Trinajstić information content (AvgIpc) is 2.48. The van der Waals surface area contributed by atoms with Crippen molar-refractivity contribution in [2.24, 2.45) is 0 Å². The Balaban J connectivity index is 1.89. The van der Waals surface area contributed by atoms with Gasteiger partial charge in [-0.25, -0.2) is 4.39 Å². The van der Waals surface area contributed by atoms with E-state index in [-0.39, 0.29) is 5.69 Å². The number of ether oxygens (including phenoxy) is 1. The van der Waals surface area contributed by atoms with Crippen LogP contribution in [0.1, 0.15) is 5.56 Å². The van der Waals surface area contributed by atoms with Gasteiger partial charge in [0.15, 0.2) is 5.11 Å². The Hall–Kier alpha value is -1.85. The first kappa shape index (κ1) is 15.5. The van der Waals surface area contributed by atoms with Gasteiger partial charge in [-0.15, -0.1) is 0 Å². The van der Waals surface area contributed by atoms with Crippen LogP contribution in [-0.4, -0.2) is 12.2 Å². The molecule has 0 aromatic heterocycles. The van der Waals surface area contributed by atoms with Gasteiger partial charge in [-0.3, -0.25) is 0 Å². The molecule has 21 heavy (non-hydrogen) atoms. The molecule has 3 nitrogen and oxygen atoms in total. The van der Waals surface area contributed by atoms with Crippen molar-refractivity contribution in [2.75, 3.05) is 12.4 Å². The SMILES string of the molecule is COc1ccc(CNC(=S)Nc2ccc(Cl)cc2F)cc1. The lowest BCUT2D eigenvalue weighted by atomic mass is 10.2. The van der Waals surface area contributed by atoms with Gasteiger partial charge in [-0.1, -0.05) is 23.7 Å². The molecule has 2 N–H and O–H groups in total. The highest BCUT2D eigenvalue weighted by Crippen LogP contribution is 2.18. The van der Waals surface area contributed by atoms with Gasteiger partial charge in [0.1, 0.15) is 11.6 Å². The van der Waals surface area contributed by atoms with Gasteiger partial charge in [0.25, 0.3) is 0 Å². The molecule has 0 radical (unpaired) electrons. The molecule has 6 heteroatoms. The lowest BCUT2D eigenvalue weighted by Crippen LogP contribution is -2.28. The van der Waals surface area contributed by atoms with Crippen molar-refractivity contribution in [3.05, 3.63) is 58.9 Å². The number of thiocarbonyl (C=S) groups is 1. The van der Waals surface area contributed by atoms with Crippen LogP contribution in [0.15, 0.2) is 42.5 Å². The minimum absolute atomic E-state index is 0.284. The fourth-order valence-corrected chi connectivity index (χ4v) is 2.02. The topological polar surface area (TPSA) is 33.3 Å². The smallest absolute Gasteiger partial charge is 0.171 e. The molecular formula is C15H14ClFN2OS. The summed E-state index contributed by atoms with van der Waals surface area (Å²) in [6.07, 6.45) is 0. The lowest BCUT2D eigenvalue weighted by molar-refractivity contribution is 0.414. The van der Waals surface area contributed by atoms with E-state index in [0.29, 0.717) is 16.7 Å². The lowest BCUT2D eigenvalue weighted by Gasteiger charge is -2.11. The summed E-state index contributed by atoms with van der Waals surface area (Å²) in [7, 11) is 1.62. The first-order valence-electron chi connectivity index (χ1n) is 6.21. The first-order chi connectivity index (χ1) is 10.1. The molecule has 0 spiro atoms. The largest absolute Gasteiger partial charge is 0.497 e. The highest BCUT2D eigenvalue weighted by molar-refractivity contribution is 7.80.